The molecule has 5 rings (SSSR count). The fourth-order valence-corrected chi connectivity index (χ4v) is 4.19. The van der Waals surface area contributed by atoms with E-state index in [1.54, 1.807) is 6.33 Å². The number of para-hydroxylation sites is 1. The average molecular weight is 400 g/mol. The number of H-pyrrole nitrogens is 1. The summed E-state index contributed by atoms with van der Waals surface area (Å²) < 4.78 is 0. The van der Waals surface area contributed by atoms with Crippen LogP contribution in [0.1, 0.15) is 17.5 Å². The second-order valence-electron chi connectivity index (χ2n) is 7.63. The lowest BCUT2D eigenvalue weighted by Gasteiger charge is -2.25. The molecule has 0 saturated carbocycles. The van der Waals surface area contributed by atoms with Gasteiger partial charge in [0.25, 0.3) is 0 Å². The smallest absolute Gasteiger partial charge is 0.224 e. The van der Waals surface area contributed by atoms with Gasteiger partial charge >= 0.3 is 0 Å². The van der Waals surface area contributed by atoms with Crippen LogP contribution in [0.3, 0.4) is 0 Å². The lowest BCUT2D eigenvalue weighted by atomic mass is 10.1. The largest absolute Gasteiger partial charge is 0.369 e. The number of imidazole rings is 1. The van der Waals surface area contributed by atoms with Gasteiger partial charge in [-0.1, -0.05) is 48.5 Å². The number of aromatic amines is 1. The molecule has 30 heavy (non-hydrogen) atoms. The second kappa shape index (κ2) is 8.02. The van der Waals surface area contributed by atoms with Crippen LogP contribution in [0.15, 0.2) is 60.9 Å². The molecular formula is C23H25N7. The van der Waals surface area contributed by atoms with Crippen LogP contribution in [0.25, 0.3) is 11.2 Å². The molecule has 0 fully saturated rings. The number of aryl methyl sites for hydroxylation is 1. The standard InChI is InChI=1S/C23H25N7/c24-23-27-21-20(25-16-26-21)22(28-23)30-14-13-29(19-11-5-4-10-18(19)15-30)12-6-9-17-7-2-1-3-8-17/h1-5,7-8,10-11,16H,6,9,12-15H2,(H3,24,25,26,27,28). The Kier molecular flexibility index (Phi) is 4.93. The first-order valence-corrected chi connectivity index (χ1v) is 10.4. The molecule has 3 heterocycles. The predicted octanol–water partition coefficient (Wildman–Crippen LogP) is 3.39. The fourth-order valence-electron chi connectivity index (χ4n) is 4.19. The molecule has 0 spiro atoms. The van der Waals surface area contributed by atoms with Gasteiger partial charge in [-0.25, -0.2) is 4.98 Å². The van der Waals surface area contributed by atoms with Crippen molar-refractivity contribution in [2.75, 3.05) is 35.2 Å². The van der Waals surface area contributed by atoms with E-state index in [9.17, 15) is 0 Å². The first kappa shape index (κ1) is 18.4. The van der Waals surface area contributed by atoms with Crippen molar-refractivity contribution in [3.8, 4) is 0 Å². The van der Waals surface area contributed by atoms with Gasteiger partial charge in [-0.05, 0) is 30.0 Å². The molecule has 1 aliphatic heterocycles. The summed E-state index contributed by atoms with van der Waals surface area (Å²) in [6, 6.07) is 19.3. The van der Waals surface area contributed by atoms with E-state index < -0.39 is 0 Å². The van der Waals surface area contributed by atoms with Crippen molar-refractivity contribution in [3.05, 3.63) is 72.1 Å². The van der Waals surface area contributed by atoms with E-state index in [0.717, 1.165) is 50.4 Å². The van der Waals surface area contributed by atoms with E-state index in [2.05, 4.69) is 84.3 Å². The predicted molar refractivity (Wildman–Crippen MR) is 121 cm³/mol. The number of nitrogens with zero attached hydrogens (tertiary/aromatic N) is 5. The number of hydrogen-bond donors (Lipinski definition) is 2. The summed E-state index contributed by atoms with van der Waals surface area (Å²) in [6.45, 7) is 3.57. The van der Waals surface area contributed by atoms with E-state index in [1.807, 2.05) is 0 Å². The Hall–Kier alpha value is -3.61. The van der Waals surface area contributed by atoms with Crippen LogP contribution in [0.2, 0.25) is 0 Å². The van der Waals surface area contributed by atoms with Gasteiger partial charge in [0.05, 0.1) is 6.33 Å². The summed E-state index contributed by atoms with van der Waals surface area (Å²) >= 11 is 0. The van der Waals surface area contributed by atoms with E-state index in [-0.39, 0.29) is 5.95 Å². The van der Waals surface area contributed by atoms with Crippen molar-refractivity contribution < 1.29 is 0 Å². The van der Waals surface area contributed by atoms with Crippen molar-refractivity contribution in [1.82, 2.24) is 19.9 Å². The van der Waals surface area contributed by atoms with Gasteiger partial charge in [0.15, 0.2) is 11.5 Å². The zero-order valence-corrected chi connectivity index (χ0v) is 16.8. The molecular weight excluding hydrogens is 374 g/mol. The Morgan fingerprint density at radius 1 is 0.967 bits per heavy atom. The number of nitrogens with two attached hydrogens (primary N) is 1. The summed E-state index contributed by atoms with van der Waals surface area (Å²) in [4.78, 5) is 21.0. The third kappa shape index (κ3) is 3.66. The van der Waals surface area contributed by atoms with Crippen LogP contribution >= 0.6 is 0 Å². The van der Waals surface area contributed by atoms with Gasteiger partial charge in [0.1, 0.15) is 5.52 Å². The Morgan fingerprint density at radius 3 is 2.70 bits per heavy atom. The molecule has 0 radical (unpaired) electrons. The van der Waals surface area contributed by atoms with Crippen LogP contribution in [0, 0.1) is 0 Å². The third-order valence-corrected chi connectivity index (χ3v) is 5.65. The van der Waals surface area contributed by atoms with E-state index >= 15 is 0 Å². The molecule has 7 nitrogen and oxygen atoms in total. The van der Waals surface area contributed by atoms with Crippen molar-refractivity contribution in [1.29, 1.82) is 0 Å². The van der Waals surface area contributed by atoms with Crippen LogP contribution in [-0.2, 0) is 13.0 Å². The van der Waals surface area contributed by atoms with Gasteiger partial charge in [-0.3, -0.25) is 0 Å². The fraction of sp³-hybridized carbons (Fsp3) is 0.261. The molecule has 0 saturated heterocycles. The van der Waals surface area contributed by atoms with E-state index in [0.29, 0.717) is 5.65 Å². The topological polar surface area (TPSA) is 87.0 Å². The normalized spacial score (nSPS) is 14.0. The molecule has 2 aromatic carbocycles. The van der Waals surface area contributed by atoms with Gasteiger partial charge in [0.2, 0.25) is 5.95 Å². The zero-order valence-electron chi connectivity index (χ0n) is 16.8. The Balaban J connectivity index is 1.39. The molecule has 1 aliphatic rings. The van der Waals surface area contributed by atoms with Gasteiger partial charge in [0, 0.05) is 31.9 Å². The summed E-state index contributed by atoms with van der Waals surface area (Å²) in [5.41, 5.74) is 11.4. The maximum absolute atomic E-state index is 5.96. The third-order valence-electron chi connectivity index (χ3n) is 5.65. The molecule has 152 valence electrons. The number of hydrogen-bond acceptors (Lipinski definition) is 6. The highest BCUT2D eigenvalue weighted by atomic mass is 15.3. The number of nitrogens with one attached hydrogen (secondary N) is 1. The molecule has 0 aliphatic carbocycles. The summed E-state index contributed by atoms with van der Waals surface area (Å²) in [5, 5.41) is 0. The molecule has 0 bridgehead atoms. The minimum Gasteiger partial charge on any atom is -0.369 e. The maximum atomic E-state index is 5.96. The Morgan fingerprint density at radius 2 is 1.80 bits per heavy atom. The number of benzene rings is 2. The number of anilines is 3. The molecule has 7 heteroatoms. The van der Waals surface area contributed by atoms with Crippen molar-refractivity contribution >= 4 is 28.6 Å². The van der Waals surface area contributed by atoms with Gasteiger partial charge < -0.3 is 20.5 Å². The van der Waals surface area contributed by atoms with Crippen molar-refractivity contribution in [3.63, 3.8) is 0 Å². The summed E-state index contributed by atoms with van der Waals surface area (Å²) in [7, 11) is 0. The first-order chi connectivity index (χ1) is 14.8. The van der Waals surface area contributed by atoms with Crippen LogP contribution in [-0.4, -0.2) is 39.6 Å². The molecule has 4 aromatic rings. The molecule has 2 aromatic heterocycles. The lowest BCUT2D eigenvalue weighted by molar-refractivity contribution is 0.714. The Bertz CT molecular complexity index is 1140. The molecule has 0 unspecified atom stereocenters. The minimum atomic E-state index is 0.252. The zero-order chi connectivity index (χ0) is 20.3. The van der Waals surface area contributed by atoms with Gasteiger partial charge in [-0.15, -0.1) is 0 Å². The van der Waals surface area contributed by atoms with Crippen LogP contribution < -0.4 is 15.5 Å². The summed E-state index contributed by atoms with van der Waals surface area (Å²) in [5.74, 6) is 1.07. The molecule has 0 atom stereocenters. The van der Waals surface area contributed by atoms with Crippen LogP contribution in [0.5, 0.6) is 0 Å². The highest BCUT2D eigenvalue weighted by Gasteiger charge is 2.23. The van der Waals surface area contributed by atoms with E-state index in [1.165, 1.54) is 16.8 Å². The quantitative estimate of drug-likeness (QED) is 0.535. The second-order valence-corrected chi connectivity index (χ2v) is 7.63. The van der Waals surface area contributed by atoms with E-state index in [4.69, 9.17) is 5.73 Å². The monoisotopic (exact) mass is 399 g/mol. The molecule has 3 N–H and O–H groups in total. The average Bonchev–Trinajstić information content (AvgIpc) is 3.16. The van der Waals surface area contributed by atoms with Gasteiger partial charge in [-0.2, -0.15) is 9.97 Å². The highest BCUT2D eigenvalue weighted by Crippen LogP contribution is 2.30. The van der Waals surface area contributed by atoms with Crippen molar-refractivity contribution in [2.24, 2.45) is 0 Å². The van der Waals surface area contributed by atoms with Crippen molar-refractivity contribution in [2.45, 2.75) is 19.4 Å². The lowest BCUT2D eigenvalue weighted by Crippen LogP contribution is -2.33. The minimum absolute atomic E-state index is 0.252. The summed E-state index contributed by atoms with van der Waals surface area (Å²) in [6.07, 6.45) is 3.84. The number of aromatic nitrogens is 4. The molecule has 0 amide bonds. The maximum Gasteiger partial charge on any atom is 0.224 e. The number of fused-ring (bicyclic) bond motifs is 2. The number of nitrogen functional groups attached to an aromatic ring is 1. The highest BCUT2D eigenvalue weighted by molar-refractivity contribution is 5.84. The van der Waals surface area contributed by atoms with Crippen LogP contribution in [0.4, 0.5) is 17.5 Å². The SMILES string of the molecule is Nc1nc(N2CCN(CCCc3ccccc3)c3ccccc3C2)c2[nH]cnc2n1. The Labute approximate surface area is 175 Å². The first-order valence-electron chi connectivity index (χ1n) is 10.4. The number of rotatable bonds is 5.